The van der Waals surface area contributed by atoms with E-state index in [0.717, 1.165) is 12.8 Å². The van der Waals surface area contributed by atoms with Crippen molar-refractivity contribution in [3.63, 3.8) is 0 Å². The van der Waals surface area contributed by atoms with Crippen LogP contribution in [0.4, 0.5) is 0 Å². The molecule has 0 aliphatic heterocycles. The van der Waals surface area contributed by atoms with Gasteiger partial charge in [-0.05, 0) is 19.8 Å². The Balaban J connectivity index is 2.25. The predicted molar refractivity (Wildman–Crippen MR) is 64.0 cm³/mol. The standard InChI is InChI=1S/C11H21NO2S/c1-8(7-13)15-9(2)11(14)12-10-5-3-4-6-10/h8-10,13H,3-7H2,1-2H3,(H,12,14). The summed E-state index contributed by atoms with van der Waals surface area (Å²) in [6.07, 6.45) is 4.72. The number of rotatable bonds is 5. The largest absolute Gasteiger partial charge is 0.395 e. The Morgan fingerprint density at radius 2 is 2.07 bits per heavy atom. The molecule has 0 saturated heterocycles. The molecule has 2 N–H and O–H groups in total. The lowest BCUT2D eigenvalue weighted by Gasteiger charge is -2.18. The molecule has 4 heteroatoms. The molecule has 2 atom stereocenters. The topological polar surface area (TPSA) is 49.3 Å². The maximum Gasteiger partial charge on any atom is 0.233 e. The molecule has 1 fully saturated rings. The minimum absolute atomic E-state index is 0.0623. The first-order valence-electron chi connectivity index (χ1n) is 5.70. The summed E-state index contributed by atoms with van der Waals surface area (Å²) in [6.45, 7) is 3.97. The molecule has 0 heterocycles. The van der Waals surface area contributed by atoms with Crippen LogP contribution in [0.1, 0.15) is 39.5 Å². The van der Waals surface area contributed by atoms with Gasteiger partial charge in [0.25, 0.3) is 0 Å². The van der Waals surface area contributed by atoms with Gasteiger partial charge < -0.3 is 10.4 Å². The molecule has 3 nitrogen and oxygen atoms in total. The van der Waals surface area contributed by atoms with E-state index in [1.54, 1.807) is 0 Å². The molecular formula is C11H21NO2S. The highest BCUT2D eigenvalue weighted by Gasteiger charge is 2.21. The molecule has 0 bridgehead atoms. The van der Waals surface area contributed by atoms with Gasteiger partial charge in [0.15, 0.2) is 0 Å². The number of thioether (sulfide) groups is 1. The van der Waals surface area contributed by atoms with E-state index in [1.807, 2.05) is 13.8 Å². The fourth-order valence-corrected chi connectivity index (χ4v) is 2.82. The van der Waals surface area contributed by atoms with Gasteiger partial charge in [-0.25, -0.2) is 0 Å². The van der Waals surface area contributed by atoms with Crippen LogP contribution in [-0.2, 0) is 4.79 Å². The van der Waals surface area contributed by atoms with E-state index in [0.29, 0.717) is 6.04 Å². The summed E-state index contributed by atoms with van der Waals surface area (Å²) in [7, 11) is 0. The molecule has 0 aromatic rings. The van der Waals surface area contributed by atoms with Crippen molar-refractivity contribution in [1.82, 2.24) is 5.32 Å². The molecule has 1 saturated carbocycles. The summed E-state index contributed by atoms with van der Waals surface area (Å²) in [5, 5.41) is 12.0. The van der Waals surface area contributed by atoms with Crippen molar-refractivity contribution in [3.05, 3.63) is 0 Å². The maximum atomic E-state index is 11.7. The number of amides is 1. The number of carbonyl (C=O) groups is 1. The first-order chi connectivity index (χ1) is 7.13. The third-order valence-electron chi connectivity index (χ3n) is 2.76. The normalized spacial score (nSPS) is 21.3. The molecule has 88 valence electrons. The van der Waals surface area contributed by atoms with Crippen molar-refractivity contribution in [3.8, 4) is 0 Å². The van der Waals surface area contributed by atoms with E-state index in [-0.39, 0.29) is 23.0 Å². The van der Waals surface area contributed by atoms with Crippen LogP contribution in [0, 0.1) is 0 Å². The Kier molecular flexibility index (Phi) is 5.47. The van der Waals surface area contributed by atoms with E-state index in [9.17, 15) is 4.79 Å². The monoisotopic (exact) mass is 231 g/mol. The van der Waals surface area contributed by atoms with Gasteiger partial charge in [0.05, 0.1) is 11.9 Å². The molecule has 1 rings (SSSR count). The highest BCUT2D eigenvalue weighted by Crippen LogP contribution is 2.20. The zero-order chi connectivity index (χ0) is 11.3. The predicted octanol–water partition coefficient (Wildman–Crippen LogP) is 1.55. The number of nitrogens with one attached hydrogen (secondary N) is 1. The second kappa shape index (κ2) is 6.38. The first kappa shape index (κ1) is 12.8. The lowest BCUT2D eigenvalue weighted by Crippen LogP contribution is -2.38. The van der Waals surface area contributed by atoms with Crippen molar-refractivity contribution in [2.45, 2.75) is 56.1 Å². The quantitative estimate of drug-likeness (QED) is 0.754. The number of hydrogen-bond acceptors (Lipinski definition) is 3. The lowest BCUT2D eigenvalue weighted by atomic mass is 10.2. The Bertz CT molecular complexity index is 205. The summed E-state index contributed by atoms with van der Waals surface area (Å²) >= 11 is 1.53. The molecular weight excluding hydrogens is 210 g/mol. The van der Waals surface area contributed by atoms with Crippen LogP contribution in [0.15, 0.2) is 0 Å². The average molecular weight is 231 g/mol. The Morgan fingerprint density at radius 1 is 1.47 bits per heavy atom. The van der Waals surface area contributed by atoms with Gasteiger partial charge in [0, 0.05) is 11.3 Å². The van der Waals surface area contributed by atoms with Crippen LogP contribution >= 0.6 is 11.8 Å². The van der Waals surface area contributed by atoms with Crippen LogP contribution in [-0.4, -0.2) is 34.2 Å². The van der Waals surface area contributed by atoms with Gasteiger partial charge in [0.2, 0.25) is 5.91 Å². The molecule has 0 spiro atoms. The van der Waals surface area contributed by atoms with Crippen LogP contribution in [0.2, 0.25) is 0 Å². The SMILES string of the molecule is CC(CO)SC(C)C(=O)NC1CCCC1. The second-order valence-corrected chi connectivity index (χ2v) is 6.05. The van der Waals surface area contributed by atoms with Gasteiger partial charge in [-0.2, -0.15) is 0 Å². The van der Waals surface area contributed by atoms with Crippen LogP contribution in [0.3, 0.4) is 0 Å². The van der Waals surface area contributed by atoms with E-state index in [4.69, 9.17) is 5.11 Å². The average Bonchev–Trinajstić information content (AvgIpc) is 2.70. The molecule has 0 radical (unpaired) electrons. The molecule has 1 aliphatic carbocycles. The van der Waals surface area contributed by atoms with Crippen LogP contribution < -0.4 is 5.32 Å². The number of hydrogen-bond donors (Lipinski definition) is 2. The molecule has 1 amide bonds. The first-order valence-corrected chi connectivity index (χ1v) is 6.64. The second-order valence-electron chi connectivity index (χ2n) is 4.26. The van der Waals surface area contributed by atoms with Gasteiger partial charge in [-0.15, -0.1) is 11.8 Å². The zero-order valence-corrected chi connectivity index (χ0v) is 10.3. The van der Waals surface area contributed by atoms with Gasteiger partial charge >= 0.3 is 0 Å². The highest BCUT2D eigenvalue weighted by molar-refractivity contribution is 8.01. The van der Waals surface area contributed by atoms with E-state index in [2.05, 4.69) is 5.32 Å². The highest BCUT2D eigenvalue weighted by atomic mass is 32.2. The Morgan fingerprint density at radius 3 is 2.60 bits per heavy atom. The molecule has 1 aliphatic rings. The van der Waals surface area contributed by atoms with E-state index >= 15 is 0 Å². The number of carbonyl (C=O) groups excluding carboxylic acids is 1. The van der Waals surface area contributed by atoms with Crippen LogP contribution in [0.5, 0.6) is 0 Å². The van der Waals surface area contributed by atoms with E-state index in [1.165, 1.54) is 24.6 Å². The van der Waals surface area contributed by atoms with E-state index < -0.39 is 0 Å². The Labute approximate surface area is 96.0 Å². The van der Waals surface area contributed by atoms with Crippen molar-refractivity contribution in [2.75, 3.05) is 6.61 Å². The fourth-order valence-electron chi connectivity index (χ4n) is 1.84. The van der Waals surface area contributed by atoms with Gasteiger partial charge in [-0.3, -0.25) is 4.79 Å². The molecule has 0 aromatic carbocycles. The number of aliphatic hydroxyl groups is 1. The minimum atomic E-state index is -0.0623. The summed E-state index contributed by atoms with van der Waals surface area (Å²) in [5.41, 5.74) is 0. The van der Waals surface area contributed by atoms with Gasteiger partial charge in [0.1, 0.15) is 0 Å². The van der Waals surface area contributed by atoms with Crippen molar-refractivity contribution in [2.24, 2.45) is 0 Å². The van der Waals surface area contributed by atoms with Crippen LogP contribution in [0.25, 0.3) is 0 Å². The van der Waals surface area contributed by atoms with Crippen molar-refractivity contribution in [1.29, 1.82) is 0 Å². The Hall–Kier alpha value is -0.220. The summed E-state index contributed by atoms with van der Waals surface area (Å²) < 4.78 is 0. The van der Waals surface area contributed by atoms with Crippen molar-refractivity contribution >= 4 is 17.7 Å². The summed E-state index contributed by atoms with van der Waals surface area (Å²) in [4.78, 5) is 11.7. The smallest absolute Gasteiger partial charge is 0.233 e. The molecule has 0 aromatic heterocycles. The fraction of sp³-hybridized carbons (Fsp3) is 0.909. The van der Waals surface area contributed by atoms with Crippen molar-refractivity contribution < 1.29 is 9.90 Å². The third kappa shape index (κ3) is 4.43. The lowest BCUT2D eigenvalue weighted by molar-refractivity contribution is -0.120. The molecule has 2 unspecified atom stereocenters. The maximum absolute atomic E-state index is 11.7. The summed E-state index contributed by atoms with van der Waals surface area (Å²) in [6, 6.07) is 0.394. The molecule has 15 heavy (non-hydrogen) atoms. The summed E-state index contributed by atoms with van der Waals surface area (Å²) in [5.74, 6) is 0.118. The minimum Gasteiger partial charge on any atom is -0.395 e. The number of aliphatic hydroxyl groups excluding tert-OH is 1. The van der Waals surface area contributed by atoms with Gasteiger partial charge in [-0.1, -0.05) is 19.8 Å². The third-order valence-corrected chi connectivity index (χ3v) is 4.00. The zero-order valence-electron chi connectivity index (χ0n) is 9.53.